The van der Waals surface area contributed by atoms with E-state index in [0.717, 1.165) is 5.56 Å². The van der Waals surface area contributed by atoms with Crippen LogP contribution in [0.2, 0.25) is 0 Å². The van der Waals surface area contributed by atoms with Gasteiger partial charge in [-0.05, 0) is 26.0 Å². The third-order valence-electron chi connectivity index (χ3n) is 3.98. The molecule has 0 aliphatic carbocycles. The molecule has 7 nitrogen and oxygen atoms in total. The third kappa shape index (κ3) is 4.14. The molecule has 0 bridgehead atoms. The van der Waals surface area contributed by atoms with Crippen LogP contribution in [0, 0.1) is 13.8 Å². The zero-order valence-corrected chi connectivity index (χ0v) is 14.9. The van der Waals surface area contributed by atoms with Gasteiger partial charge in [-0.25, -0.2) is 4.79 Å². The molecule has 0 spiro atoms. The minimum Gasteiger partial charge on any atom is -0.443 e. The molecule has 138 valence electrons. The number of nitrogens with zero attached hydrogens (tertiary/aromatic N) is 1. The summed E-state index contributed by atoms with van der Waals surface area (Å²) >= 11 is 0. The third-order valence-corrected chi connectivity index (χ3v) is 3.98. The van der Waals surface area contributed by atoms with E-state index in [-0.39, 0.29) is 11.4 Å². The van der Waals surface area contributed by atoms with Crippen molar-refractivity contribution in [1.82, 2.24) is 5.16 Å². The number of anilines is 2. The molecule has 0 saturated carbocycles. The molecule has 1 amide bonds. The number of nitrogen functional groups attached to an aromatic ring is 1. The van der Waals surface area contributed by atoms with Crippen molar-refractivity contribution in [3.8, 4) is 0 Å². The minimum atomic E-state index is -1.16. The van der Waals surface area contributed by atoms with Gasteiger partial charge in [0.1, 0.15) is 5.56 Å². The molecule has 3 aromatic rings. The van der Waals surface area contributed by atoms with Gasteiger partial charge in [-0.2, -0.15) is 0 Å². The molecule has 0 fully saturated rings. The Morgan fingerprint density at radius 1 is 1.07 bits per heavy atom. The topological polar surface area (TPSA) is 107 Å². The van der Waals surface area contributed by atoms with Gasteiger partial charge in [-0.1, -0.05) is 53.2 Å². The number of benzene rings is 2. The van der Waals surface area contributed by atoms with Gasteiger partial charge >= 0.3 is 5.97 Å². The molecule has 3 rings (SSSR count). The fraction of sp³-hybridized carbons (Fsp3) is 0.150. The van der Waals surface area contributed by atoms with Gasteiger partial charge in [0.25, 0.3) is 5.91 Å². The highest BCUT2D eigenvalue weighted by Crippen LogP contribution is 2.24. The first kappa shape index (κ1) is 18.2. The molecular formula is C20H19N3O4. The molecule has 0 saturated heterocycles. The van der Waals surface area contributed by atoms with E-state index in [0.29, 0.717) is 16.9 Å². The van der Waals surface area contributed by atoms with E-state index in [1.165, 1.54) is 0 Å². The highest BCUT2D eigenvalue weighted by Gasteiger charge is 2.29. The second kappa shape index (κ2) is 7.74. The largest absolute Gasteiger partial charge is 0.443 e. The van der Waals surface area contributed by atoms with Crippen molar-refractivity contribution in [2.45, 2.75) is 20.0 Å². The van der Waals surface area contributed by atoms with Crippen LogP contribution in [0.25, 0.3) is 0 Å². The summed E-state index contributed by atoms with van der Waals surface area (Å²) in [7, 11) is 0. The number of carbonyl (C=O) groups is 2. The Morgan fingerprint density at radius 3 is 2.33 bits per heavy atom. The van der Waals surface area contributed by atoms with Crippen molar-refractivity contribution in [2.24, 2.45) is 0 Å². The smallest absolute Gasteiger partial charge is 0.346 e. The Kier molecular flexibility index (Phi) is 5.21. The number of hydrogen-bond acceptors (Lipinski definition) is 6. The predicted octanol–water partition coefficient (Wildman–Crippen LogP) is 3.41. The molecular weight excluding hydrogens is 346 g/mol. The van der Waals surface area contributed by atoms with E-state index in [1.807, 2.05) is 25.1 Å². The van der Waals surface area contributed by atoms with Gasteiger partial charge in [0.15, 0.2) is 0 Å². The summed E-state index contributed by atoms with van der Waals surface area (Å²) in [6.07, 6.45) is -1.16. The molecule has 0 radical (unpaired) electrons. The van der Waals surface area contributed by atoms with Crippen molar-refractivity contribution in [3.63, 3.8) is 0 Å². The molecule has 2 aromatic carbocycles. The van der Waals surface area contributed by atoms with Crippen LogP contribution in [0.1, 0.15) is 33.3 Å². The Hall–Kier alpha value is -3.61. The number of amides is 1. The van der Waals surface area contributed by atoms with E-state index >= 15 is 0 Å². The van der Waals surface area contributed by atoms with Crippen LogP contribution in [0.3, 0.4) is 0 Å². The monoisotopic (exact) mass is 365 g/mol. The first-order chi connectivity index (χ1) is 13.0. The van der Waals surface area contributed by atoms with Crippen LogP contribution in [0.4, 0.5) is 11.6 Å². The maximum Gasteiger partial charge on any atom is 0.346 e. The summed E-state index contributed by atoms with van der Waals surface area (Å²) in [4.78, 5) is 25.4. The SMILES string of the molecule is Cc1ccc(NC(=O)C(OC(=O)c2c(C)noc2N)c2ccccc2)cc1. The highest BCUT2D eigenvalue weighted by atomic mass is 16.6. The number of rotatable bonds is 5. The second-order valence-corrected chi connectivity index (χ2v) is 6.06. The number of ether oxygens (including phenoxy) is 1. The van der Waals surface area contributed by atoms with Crippen LogP contribution in [-0.2, 0) is 9.53 Å². The molecule has 0 aliphatic heterocycles. The van der Waals surface area contributed by atoms with Gasteiger partial charge in [0.05, 0.1) is 5.69 Å². The number of aromatic nitrogens is 1. The highest BCUT2D eigenvalue weighted by molar-refractivity contribution is 6.00. The lowest BCUT2D eigenvalue weighted by atomic mass is 10.1. The van der Waals surface area contributed by atoms with Crippen LogP contribution < -0.4 is 11.1 Å². The fourth-order valence-electron chi connectivity index (χ4n) is 2.55. The summed E-state index contributed by atoms with van der Waals surface area (Å²) in [5, 5.41) is 6.40. The van der Waals surface area contributed by atoms with Crippen LogP contribution >= 0.6 is 0 Å². The number of esters is 1. The quantitative estimate of drug-likeness (QED) is 0.671. The van der Waals surface area contributed by atoms with Gasteiger partial charge in [-0.3, -0.25) is 4.79 Å². The maximum atomic E-state index is 12.8. The number of carbonyl (C=O) groups excluding carboxylic acids is 2. The van der Waals surface area contributed by atoms with E-state index in [1.54, 1.807) is 43.3 Å². The first-order valence-electron chi connectivity index (χ1n) is 8.31. The molecule has 3 N–H and O–H groups in total. The molecule has 1 unspecified atom stereocenters. The van der Waals surface area contributed by atoms with Crippen molar-refractivity contribution >= 4 is 23.4 Å². The van der Waals surface area contributed by atoms with Crippen LogP contribution in [0.15, 0.2) is 59.1 Å². The van der Waals surface area contributed by atoms with E-state index in [2.05, 4.69) is 10.5 Å². The second-order valence-electron chi connectivity index (χ2n) is 6.06. The zero-order valence-electron chi connectivity index (χ0n) is 14.9. The first-order valence-corrected chi connectivity index (χ1v) is 8.31. The summed E-state index contributed by atoms with van der Waals surface area (Å²) < 4.78 is 10.3. The average molecular weight is 365 g/mol. The molecule has 1 heterocycles. The summed E-state index contributed by atoms with van der Waals surface area (Å²) in [5.41, 5.74) is 8.15. The Labute approximate surface area is 156 Å². The number of aryl methyl sites for hydroxylation is 2. The van der Waals surface area contributed by atoms with Gasteiger partial charge in [0.2, 0.25) is 12.0 Å². The van der Waals surface area contributed by atoms with Gasteiger partial charge in [-0.15, -0.1) is 0 Å². The molecule has 0 aliphatic rings. The van der Waals surface area contributed by atoms with Crippen LogP contribution in [0.5, 0.6) is 0 Å². The standard InChI is InChI=1S/C20H19N3O4/c1-12-8-10-15(11-9-12)22-19(24)17(14-6-4-3-5-7-14)26-20(25)16-13(2)23-27-18(16)21/h3-11,17H,21H2,1-2H3,(H,22,24). The summed E-state index contributed by atoms with van der Waals surface area (Å²) in [5.74, 6) is -1.41. The van der Waals surface area contributed by atoms with Crippen molar-refractivity contribution in [2.75, 3.05) is 11.1 Å². The maximum absolute atomic E-state index is 12.8. The normalized spacial score (nSPS) is 11.6. The van der Waals surface area contributed by atoms with E-state index < -0.39 is 18.0 Å². The van der Waals surface area contributed by atoms with Crippen LogP contribution in [-0.4, -0.2) is 17.0 Å². The lowest BCUT2D eigenvalue weighted by Crippen LogP contribution is -2.26. The van der Waals surface area contributed by atoms with E-state index in [4.69, 9.17) is 15.0 Å². The number of nitrogens with two attached hydrogens (primary N) is 1. The Balaban J connectivity index is 1.86. The lowest BCUT2D eigenvalue weighted by Gasteiger charge is -2.18. The number of hydrogen-bond donors (Lipinski definition) is 2. The molecule has 1 aromatic heterocycles. The minimum absolute atomic E-state index is 0.0130. The van der Waals surface area contributed by atoms with Gasteiger partial charge in [0, 0.05) is 11.3 Å². The molecule has 1 atom stereocenters. The molecule has 27 heavy (non-hydrogen) atoms. The Morgan fingerprint density at radius 2 is 1.74 bits per heavy atom. The average Bonchev–Trinajstić information content (AvgIpc) is 3.00. The lowest BCUT2D eigenvalue weighted by molar-refractivity contribution is -0.125. The predicted molar refractivity (Wildman–Crippen MR) is 100 cm³/mol. The van der Waals surface area contributed by atoms with Crippen molar-refractivity contribution in [3.05, 3.63) is 77.0 Å². The van der Waals surface area contributed by atoms with Crippen molar-refractivity contribution < 1.29 is 18.8 Å². The van der Waals surface area contributed by atoms with Gasteiger partial charge < -0.3 is 20.3 Å². The summed E-state index contributed by atoms with van der Waals surface area (Å²) in [6.45, 7) is 3.52. The Bertz CT molecular complexity index is 930. The zero-order chi connectivity index (χ0) is 19.4. The fourth-order valence-corrected chi connectivity index (χ4v) is 2.55. The van der Waals surface area contributed by atoms with E-state index in [9.17, 15) is 9.59 Å². The number of nitrogens with one attached hydrogen (secondary N) is 1. The summed E-state index contributed by atoms with van der Waals surface area (Å²) in [6, 6.07) is 16.0. The molecule has 7 heteroatoms. The van der Waals surface area contributed by atoms with Crippen molar-refractivity contribution in [1.29, 1.82) is 0 Å².